The summed E-state index contributed by atoms with van der Waals surface area (Å²) < 4.78 is 2.75. The van der Waals surface area contributed by atoms with E-state index in [4.69, 9.17) is 28.9 Å². The first kappa shape index (κ1) is 19.0. The van der Waals surface area contributed by atoms with Crippen LogP contribution in [-0.2, 0) is 13.1 Å². The number of nitrogens with two attached hydrogens (primary N) is 1. The fourth-order valence-electron chi connectivity index (χ4n) is 3.24. The number of nitrogen functional groups attached to an aromatic ring is 1. The van der Waals surface area contributed by atoms with Gasteiger partial charge in [-0.2, -0.15) is 5.26 Å². The second-order valence-electron chi connectivity index (χ2n) is 5.91. The van der Waals surface area contributed by atoms with Gasteiger partial charge < -0.3 is 10.3 Å². The van der Waals surface area contributed by atoms with Gasteiger partial charge in [-0.25, -0.2) is 0 Å². The van der Waals surface area contributed by atoms with Crippen molar-refractivity contribution in [3.8, 4) is 17.3 Å². The van der Waals surface area contributed by atoms with Gasteiger partial charge in [0.1, 0.15) is 17.5 Å². The molecular formula is C19H16Cl2N4O2. The quantitative estimate of drug-likeness (QED) is 0.723. The van der Waals surface area contributed by atoms with Gasteiger partial charge in [-0.15, -0.1) is 0 Å². The number of pyridine rings is 2. The highest BCUT2D eigenvalue weighted by Gasteiger charge is 2.21. The average Bonchev–Trinajstić information content (AvgIpc) is 2.62. The van der Waals surface area contributed by atoms with E-state index in [1.54, 1.807) is 31.2 Å². The van der Waals surface area contributed by atoms with Crippen LogP contribution in [0.25, 0.3) is 22.0 Å². The van der Waals surface area contributed by atoms with Crippen LogP contribution in [0.15, 0.2) is 33.9 Å². The molecule has 0 aliphatic rings. The summed E-state index contributed by atoms with van der Waals surface area (Å²) >= 11 is 12.3. The van der Waals surface area contributed by atoms with E-state index in [1.165, 1.54) is 9.13 Å². The van der Waals surface area contributed by atoms with Gasteiger partial charge in [0.15, 0.2) is 0 Å². The Hall–Kier alpha value is -2.75. The molecule has 2 heterocycles. The first-order valence-electron chi connectivity index (χ1n) is 8.30. The third-order valence-electron chi connectivity index (χ3n) is 4.53. The Morgan fingerprint density at radius 3 is 2.30 bits per heavy atom. The molecule has 0 atom stereocenters. The van der Waals surface area contributed by atoms with Gasteiger partial charge in [-0.1, -0.05) is 23.2 Å². The Kier molecular flexibility index (Phi) is 5.01. The lowest BCUT2D eigenvalue weighted by Crippen LogP contribution is -2.30. The van der Waals surface area contributed by atoms with E-state index in [2.05, 4.69) is 0 Å². The maximum absolute atomic E-state index is 13.2. The van der Waals surface area contributed by atoms with Crippen LogP contribution in [-0.4, -0.2) is 9.13 Å². The van der Waals surface area contributed by atoms with Crippen molar-refractivity contribution >= 4 is 39.8 Å². The summed E-state index contributed by atoms with van der Waals surface area (Å²) in [7, 11) is 0. The SMILES string of the molecule is CCn1c(N)c2c(=O)n(CC)c(-c3ccc(Cl)cc3Cl)cc2c(C#N)c1=O. The standard InChI is InChI=1S/C19H16Cl2N4O2/c1-3-24-15(11-6-5-10(20)7-14(11)21)8-12-13(9-22)18(26)25(4-2)17(23)16(12)19(24)27/h5-8H,3-4,23H2,1-2H3. The summed E-state index contributed by atoms with van der Waals surface area (Å²) in [5.74, 6) is 0.0532. The minimum absolute atomic E-state index is 0.0532. The first-order valence-corrected chi connectivity index (χ1v) is 9.06. The Morgan fingerprint density at radius 2 is 1.74 bits per heavy atom. The minimum Gasteiger partial charge on any atom is -0.384 e. The van der Waals surface area contributed by atoms with Gasteiger partial charge in [0.05, 0.1) is 16.1 Å². The van der Waals surface area contributed by atoms with Gasteiger partial charge in [-0.3, -0.25) is 14.2 Å². The number of rotatable bonds is 3. The smallest absolute Gasteiger partial charge is 0.270 e. The molecule has 3 aromatic rings. The van der Waals surface area contributed by atoms with Crippen LogP contribution in [0.1, 0.15) is 19.4 Å². The third kappa shape index (κ3) is 2.89. The van der Waals surface area contributed by atoms with Gasteiger partial charge >= 0.3 is 0 Å². The Balaban J connectivity index is 2.58. The lowest BCUT2D eigenvalue weighted by atomic mass is 10.0. The van der Waals surface area contributed by atoms with E-state index in [1.807, 2.05) is 13.0 Å². The molecule has 27 heavy (non-hydrogen) atoms. The summed E-state index contributed by atoms with van der Waals surface area (Å²) in [5.41, 5.74) is 6.15. The molecule has 0 saturated carbocycles. The predicted molar refractivity (Wildman–Crippen MR) is 108 cm³/mol. The van der Waals surface area contributed by atoms with Crippen molar-refractivity contribution in [2.24, 2.45) is 0 Å². The summed E-state index contributed by atoms with van der Waals surface area (Å²) in [5, 5.41) is 10.7. The normalized spacial score (nSPS) is 10.9. The number of hydrogen-bond acceptors (Lipinski definition) is 4. The molecule has 3 rings (SSSR count). The van der Waals surface area contributed by atoms with Crippen LogP contribution in [0.4, 0.5) is 5.82 Å². The number of halogens is 2. The van der Waals surface area contributed by atoms with E-state index in [0.29, 0.717) is 27.8 Å². The van der Waals surface area contributed by atoms with Crippen molar-refractivity contribution in [1.82, 2.24) is 9.13 Å². The molecule has 0 unspecified atom stereocenters. The fourth-order valence-corrected chi connectivity index (χ4v) is 3.75. The molecule has 0 aliphatic heterocycles. The number of benzene rings is 1. The maximum atomic E-state index is 13.2. The number of aromatic nitrogens is 2. The molecule has 0 fully saturated rings. The van der Waals surface area contributed by atoms with Crippen LogP contribution in [0, 0.1) is 11.3 Å². The summed E-state index contributed by atoms with van der Waals surface area (Å²) in [4.78, 5) is 25.8. The van der Waals surface area contributed by atoms with Crippen molar-refractivity contribution in [1.29, 1.82) is 5.26 Å². The number of anilines is 1. The molecule has 0 aliphatic carbocycles. The highest BCUT2D eigenvalue weighted by atomic mass is 35.5. The van der Waals surface area contributed by atoms with E-state index in [0.717, 1.165) is 0 Å². The summed E-state index contributed by atoms with van der Waals surface area (Å²) in [6.45, 7) is 4.16. The Morgan fingerprint density at radius 1 is 1.07 bits per heavy atom. The van der Waals surface area contributed by atoms with E-state index >= 15 is 0 Å². The molecule has 2 aromatic heterocycles. The van der Waals surface area contributed by atoms with Gasteiger partial charge in [-0.05, 0) is 38.1 Å². The zero-order chi connectivity index (χ0) is 19.9. The molecule has 0 spiro atoms. The van der Waals surface area contributed by atoms with Crippen LogP contribution in [0.5, 0.6) is 0 Å². The van der Waals surface area contributed by atoms with Crippen molar-refractivity contribution in [3.63, 3.8) is 0 Å². The molecule has 6 nitrogen and oxygen atoms in total. The maximum Gasteiger partial charge on any atom is 0.270 e. The Bertz CT molecular complexity index is 1240. The number of fused-ring (bicyclic) bond motifs is 1. The van der Waals surface area contributed by atoms with E-state index in [-0.39, 0.29) is 34.3 Å². The molecule has 8 heteroatoms. The molecule has 0 radical (unpaired) electrons. The zero-order valence-corrected chi connectivity index (χ0v) is 16.2. The first-order chi connectivity index (χ1) is 12.8. The molecule has 0 bridgehead atoms. The van der Waals surface area contributed by atoms with Crippen LogP contribution >= 0.6 is 23.2 Å². The van der Waals surface area contributed by atoms with Crippen LogP contribution in [0.3, 0.4) is 0 Å². The van der Waals surface area contributed by atoms with Crippen molar-refractivity contribution in [3.05, 3.63) is 60.6 Å². The fraction of sp³-hybridized carbons (Fsp3) is 0.211. The summed E-state index contributed by atoms with van der Waals surface area (Å²) in [6.07, 6.45) is 0. The van der Waals surface area contributed by atoms with E-state index in [9.17, 15) is 14.9 Å². The number of nitrogens with zero attached hydrogens (tertiary/aromatic N) is 3. The van der Waals surface area contributed by atoms with Crippen LogP contribution in [0.2, 0.25) is 10.0 Å². The monoisotopic (exact) mass is 402 g/mol. The topological polar surface area (TPSA) is 93.8 Å². The highest BCUT2D eigenvalue weighted by Crippen LogP contribution is 2.32. The minimum atomic E-state index is -0.521. The lowest BCUT2D eigenvalue weighted by molar-refractivity contribution is 0.728. The molecular weight excluding hydrogens is 387 g/mol. The average molecular weight is 403 g/mol. The second-order valence-corrected chi connectivity index (χ2v) is 6.76. The van der Waals surface area contributed by atoms with Gasteiger partial charge in [0.25, 0.3) is 11.1 Å². The predicted octanol–water partition coefficient (Wildman–Crippen LogP) is 3.63. The highest BCUT2D eigenvalue weighted by molar-refractivity contribution is 6.36. The van der Waals surface area contributed by atoms with Crippen molar-refractivity contribution < 1.29 is 0 Å². The number of hydrogen-bond donors (Lipinski definition) is 1. The van der Waals surface area contributed by atoms with Crippen molar-refractivity contribution in [2.75, 3.05) is 5.73 Å². The molecule has 1 aromatic carbocycles. The third-order valence-corrected chi connectivity index (χ3v) is 5.07. The van der Waals surface area contributed by atoms with Crippen LogP contribution < -0.4 is 16.9 Å². The molecule has 0 saturated heterocycles. The van der Waals surface area contributed by atoms with Gasteiger partial charge in [0.2, 0.25) is 0 Å². The van der Waals surface area contributed by atoms with E-state index < -0.39 is 5.56 Å². The Labute approximate surface area is 165 Å². The van der Waals surface area contributed by atoms with Gasteiger partial charge in [0, 0.05) is 29.1 Å². The molecule has 0 amide bonds. The molecule has 138 valence electrons. The summed E-state index contributed by atoms with van der Waals surface area (Å²) in [6, 6.07) is 8.46. The van der Waals surface area contributed by atoms with Crippen molar-refractivity contribution in [2.45, 2.75) is 26.9 Å². The number of nitriles is 1. The second kappa shape index (κ2) is 7.10. The lowest BCUT2D eigenvalue weighted by Gasteiger charge is -2.17. The molecule has 2 N–H and O–H groups in total. The largest absolute Gasteiger partial charge is 0.384 e. The zero-order valence-electron chi connectivity index (χ0n) is 14.7.